The van der Waals surface area contributed by atoms with E-state index in [0.29, 0.717) is 5.92 Å². The molecule has 1 fully saturated rings. The molecule has 0 radical (unpaired) electrons. The zero-order chi connectivity index (χ0) is 16.1. The van der Waals surface area contributed by atoms with E-state index in [4.69, 9.17) is 0 Å². The molecule has 0 saturated carbocycles. The van der Waals surface area contributed by atoms with Crippen molar-refractivity contribution in [2.75, 3.05) is 23.3 Å². The van der Waals surface area contributed by atoms with Crippen LogP contribution in [0.1, 0.15) is 50.2 Å². The molecule has 2 aromatic carbocycles. The molecule has 23 heavy (non-hydrogen) atoms. The zero-order valence-corrected chi connectivity index (χ0v) is 14.4. The number of piperidine rings is 1. The largest absolute Gasteiger partial charge is 0.381 e. The quantitative estimate of drug-likeness (QED) is 0.794. The van der Waals surface area contributed by atoms with E-state index in [1.807, 2.05) is 0 Å². The minimum Gasteiger partial charge on any atom is -0.381 e. The third kappa shape index (κ3) is 4.28. The predicted molar refractivity (Wildman–Crippen MR) is 100 cm³/mol. The summed E-state index contributed by atoms with van der Waals surface area (Å²) in [6, 6.07) is 17.8. The van der Waals surface area contributed by atoms with Crippen molar-refractivity contribution in [3.63, 3.8) is 0 Å². The maximum Gasteiger partial charge on any atom is 0.0400 e. The number of benzene rings is 2. The maximum atomic E-state index is 3.52. The predicted octanol–water partition coefficient (Wildman–Crippen LogP) is 5.41. The van der Waals surface area contributed by atoms with Crippen LogP contribution in [-0.4, -0.2) is 13.1 Å². The Morgan fingerprint density at radius 2 is 1.52 bits per heavy atom. The number of nitrogens with one attached hydrogen (secondary N) is 1. The summed E-state index contributed by atoms with van der Waals surface area (Å²) in [6.45, 7) is 7.75. The molecule has 3 rings (SSSR count). The molecule has 2 aromatic rings. The topological polar surface area (TPSA) is 15.3 Å². The van der Waals surface area contributed by atoms with Gasteiger partial charge in [-0.2, -0.15) is 0 Å². The minimum atomic E-state index is 0.597. The van der Waals surface area contributed by atoms with Crippen molar-refractivity contribution in [1.82, 2.24) is 0 Å². The second-order valence-corrected chi connectivity index (χ2v) is 6.84. The van der Waals surface area contributed by atoms with Gasteiger partial charge in [0.25, 0.3) is 0 Å². The van der Waals surface area contributed by atoms with Crippen molar-refractivity contribution in [2.45, 2.75) is 45.6 Å². The van der Waals surface area contributed by atoms with Crippen molar-refractivity contribution in [3.05, 3.63) is 59.7 Å². The molecule has 0 unspecified atom stereocenters. The van der Waals surface area contributed by atoms with Gasteiger partial charge in [-0.3, -0.25) is 0 Å². The number of nitrogens with zero attached hydrogens (tertiary/aromatic N) is 1. The van der Waals surface area contributed by atoms with Gasteiger partial charge >= 0.3 is 0 Å². The Kier molecular flexibility index (Phi) is 5.22. The number of hydrogen-bond donors (Lipinski definition) is 1. The normalized spacial score (nSPS) is 15.0. The van der Waals surface area contributed by atoms with Crippen LogP contribution in [-0.2, 0) is 6.54 Å². The molecule has 122 valence electrons. The van der Waals surface area contributed by atoms with Crippen LogP contribution in [0.25, 0.3) is 0 Å². The smallest absolute Gasteiger partial charge is 0.0400 e. The van der Waals surface area contributed by atoms with Crippen LogP contribution >= 0.6 is 0 Å². The van der Waals surface area contributed by atoms with Gasteiger partial charge < -0.3 is 10.2 Å². The van der Waals surface area contributed by atoms with Crippen LogP contribution in [0.2, 0.25) is 0 Å². The second kappa shape index (κ2) is 7.54. The lowest BCUT2D eigenvalue weighted by Crippen LogP contribution is -2.29. The molecule has 0 amide bonds. The Bertz CT molecular complexity index is 593. The van der Waals surface area contributed by atoms with E-state index in [2.05, 4.69) is 72.6 Å². The molecule has 1 heterocycles. The van der Waals surface area contributed by atoms with Crippen LogP contribution in [0.4, 0.5) is 11.4 Å². The first-order valence-electron chi connectivity index (χ1n) is 8.90. The Hall–Kier alpha value is -1.96. The van der Waals surface area contributed by atoms with Crippen LogP contribution in [0.15, 0.2) is 48.5 Å². The van der Waals surface area contributed by atoms with Crippen molar-refractivity contribution in [2.24, 2.45) is 0 Å². The molecule has 1 aliphatic rings. The van der Waals surface area contributed by atoms with Gasteiger partial charge in [-0.15, -0.1) is 0 Å². The molecule has 1 aliphatic heterocycles. The molecule has 0 aliphatic carbocycles. The SMILES string of the molecule is CC(C)c1ccc(CNc2ccc(N3CCCCC3)cc2)cc1. The fourth-order valence-corrected chi connectivity index (χ4v) is 3.17. The van der Waals surface area contributed by atoms with Crippen molar-refractivity contribution < 1.29 is 0 Å². The molecule has 0 atom stereocenters. The number of rotatable bonds is 5. The molecule has 2 heteroatoms. The van der Waals surface area contributed by atoms with Gasteiger partial charge in [-0.1, -0.05) is 38.1 Å². The minimum absolute atomic E-state index is 0.597. The third-order valence-electron chi connectivity index (χ3n) is 4.73. The van der Waals surface area contributed by atoms with Gasteiger partial charge in [0.05, 0.1) is 0 Å². The molecule has 0 aromatic heterocycles. The van der Waals surface area contributed by atoms with E-state index in [9.17, 15) is 0 Å². The number of hydrogen-bond acceptors (Lipinski definition) is 2. The van der Waals surface area contributed by atoms with E-state index in [1.165, 1.54) is 54.9 Å². The van der Waals surface area contributed by atoms with Gasteiger partial charge in [0.1, 0.15) is 0 Å². The van der Waals surface area contributed by atoms with Gasteiger partial charge in [0, 0.05) is 31.0 Å². The number of anilines is 2. The summed E-state index contributed by atoms with van der Waals surface area (Å²) >= 11 is 0. The first-order chi connectivity index (χ1) is 11.2. The first-order valence-corrected chi connectivity index (χ1v) is 8.90. The van der Waals surface area contributed by atoms with Gasteiger partial charge in [0.2, 0.25) is 0 Å². The molecule has 2 nitrogen and oxygen atoms in total. The summed E-state index contributed by atoms with van der Waals surface area (Å²) in [4.78, 5) is 2.50. The lowest BCUT2D eigenvalue weighted by atomic mass is 10.0. The molecule has 1 N–H and O–H groups in total. The molecule has 0 spiro atoms. The molecule has 1 saturated heterocycles. The summed E-state index contributed by atoms with van der Waals surface area (Å²) in [5, 5.41) is 3.52. The highest BCUT2D eigenvalue weighted by atomic mass is 15.1. The summed E-state index contributed by atoms with van der Waals surface area (Å²) < 4.78 is 0. The first kappa shape index (κ1) is 15.9. The average molecular weight is 308 g/mol. The van der Waals surface area contributed by atoms with Gasteiger partial charge in [-0.05, 0) is 60.6 Å². The van der Waals surface area contributed by atoms with E-state index in [-0.39, 0.29) is 0 Å². The highest BCUT2D eigenvalue weighted by Crippen LogP contribution is 2.22. The van der Waals surface area contributed by atoms with Crippen LogP contribution in [0, 0.1) is 0 Å². The van der Waals surface area contributed by atoms with Gasteiger partial charge in [0.15, 0.2) is 0 Å². The van der Waals surface area contributed by atoms with E-state index in [0.717, 1.165) is 6.54 Å². The Labute approximate surface area is 140 Å². The monoisotopic (exact) mass is 308 g/mol. The van der Waals surface area contributed by atoms with Gasteiger partial charge in [-0.25, -0.2) is 0 Å². The maximum absolute atomic E-state index is 3.52. The van der Waals surface area contributed by atoms with E-state index < -0.39 is 0 Å². The average Bonchev–Trinajstić information content (AvgIpc) is 2.61. The Balaban J connectivity index is 1.55. The fourth-order valence-electron chi connectivity index (χ4n) is 3.17. The standard InChI is InChI=1S/C21H28N2/c1-17(2)19-8-6-18(7-9-19)16-22-20-10-12-21(13-11-20)23-14-4-3-5-15-23/h6-13,17,22H,3-5,14-16H2,1-2H3. The van der Waals surface area contributed by atoms with Crippen molar-refractivity contribution >= 4 is 11.4 Å². The highest BCUT2D eigenvalue weighted by molar-refractivity contribution is 5.55. The fraction of sp³-hybridized carbons (Fsp3) is 0.429. The summed E-state index contributed by atoms with van der Waals surface area (Å²) in [5.41, 5.74) is 5.28. The summed E-state index contributed by atoms with van der Waals surface area (Å²) in [6.07, 6.45) is 4.03. The van der Waals surface area contributed by atoms with E-state index in [1.54, 1.807) is 0 Å². The van der Waals surface area contributed by atoms with Crippen LogP contribution in [0.5, 0.6) is 0 Å². The Morgan fingerprint density at radius 1 is 0.870 bits per heavy atom. The summed E-state index contributed by atoms with van der Waals surface area (Å²) in [7, 11) is 0. The Morgan fingerprint density at radius 3 is 2.13 bits per heavy atom. The lowest BCUT2D eigenvalue weighted by Gasteiger charge is -2.28. The van der Waals surface area contributed by atoms with Crippen molar-refractivity contribution in [1.29, 1.82) is 0 Å². The molecular weight excluding hydrogens is 280 g/mol. The lowest BCUT2D eigenvalue weighted by molar-refractivity contribution is 0.578. The van der Waals surface area contributed by atoms with Crippen LogP contribution < -0.4 is 10.2 Å². The van der Waals surface area contributed by atoms with Crippen molar-refractivity contribution in [3.8, 4) is 0 Å². The third-order valence-corrected chi connectivity index (χ3v) is 4.73. The van der Waals surface area contributed by atoms with Crippen LogP contribution in [0.3, 0.4) is 0 Å². The highest BCUT2D eigenvalue weighted by Gasteiger charge is 2.10. The molecule has 0 bridgehead atoms. The molecular formula is C21H28N2. The summed E-state index contributed by atoms with van der Waals surface area (Å²) in [5.74, 6) is 0.597. The zero-order valence-electron chi connectivity index (χ0n) is 14.4. The van der Waals surface area contributed by atoms with E-state index >= 15 is 0 Å². The second-order valence-electron chi connectivity index (χ2n) is 6.84.